The predicted octanol–water partition coefficient (Wildman–Crippen LogP) is 9.92. The van der Waals surface area contributed by atoms with Gasteiger partial charge >= 0.3 is 0 Å². The molecule has 1 amide bonds. The molecule has 234 valence electrons. The van der Waals surface area contributed by atoms with E-state index in [1.165, 1.54) is 0 Å². The van der Waals surface area contributed by atoms with Gasteiger partial charge in [-0.1, -0.05) is 75.2 Å². The summed E-state index contributed by atoms with van der Waals surface area (Å²) in [4.78, 5) is 17.2. The lowest BCUT2D eigenvalue weighted by Crippen LogP contribution is -2.36. The predicted molar refractivity (Wildman–Crippen MR) is 187 cm³/mol. The van der Waals surface area contributed by atoms with Gasteiger partial charge in [-0.25, -0.2) is 0 Å². The highest BCUT2D eigenvalue weighted by Gasteiger charge is 2.25. The van der Waals surface area contributed by atoms with Crippen molar-refractivity contribution in [3.8, 4) is 11.5 Å². The van der Waals surface area contributed by atoms with Crippen LogP contribution in [0.5, 0.6) is 11.5 Å². The molecule has 0 bridgehead atoms. The molecule has 5 N–H and O–H groups in total. The molecule has 0 aliphatic heterocycles. The topological polar surface area (TPSA) is 125 Å². The van der Waals surface area contributed by atoms with E-state index < -0.39 is 11.4 Å². The molecule has 0 spiro atoms. The van der Waals surface area contributed by atoms with Crippen LogP contribution in [-0.4, -0.2) is 23.1 Å². The maximum Gasteiger partial charge on any atom is 0.259 e. The van der Waals surface area contributed by atoms with Crippen LogP contribution in [0.1, 0.15) is 61.0 Å². The number of nitrogens with two attached hydrogens (primary N) is 1. The van der Waals surface area contributed by atoms with Gasteiger partial charge in [-0.3, -0.25) is 4.79 Å². The van der Waals surface area contributed by atoms with Crippen LogP contribution in [0.15, 0.2) is 95.2 Å². The second kappa shape index (κ2) is 12.7. The zero-order valence-electron chi connectivity index (χ0n) is 26.6. The number of aromatic nitrogens is 1. The van der Waals surface area contributed by atoms with E-state index in [0.717, 1.165) is 64.0 Å². The van der Waals surface area contributed by atoms with Crippen molar-refractivity contribution in [2.75, 3.05) is 12.4 Å². The van der Waals surface area contributed by atoms with Crippen LogP contribution in [0.3, 0.4) is 0 Å². The Morgan fingerprint density at radius 1 is 0.935 bits per heavy atom. The molecule has 0 aliphatic rings. The van der Waals surface area contributed by atoms with Gasteiger partial charge in [0, 0.05) is 39.0 Å². The average molecular weight is 614 g/mol. The van der Waals surface area contributed by atoms with Gasteiger partial charge in [0.2, 0.25) is 0 Å². The second-order valence-electron chi connectivity index (χ2n) is 11.9. The number of carbonyl (C=O) groups excluding carboxylic acids is 1. The number of aromatic hydroxyl groups is 1. The first-order chi connectivity index (χ1) is 22.3. The van der Waals surface area contributed by atoms with Crippen LogP contribution >= 0.6 is 0 Å². The van der Waals surface area contributed by atoms with Crippen molar-refractivity contribution >= 4 is 55.5 Å². The highest BCUT2D eigenvalue weighted by atomic mass is 16.5. The van der Waals surface area contributed by atoms with Crippen LogP contribution in [0.25, 0.3) is 32.6 Å². The third-order valence-electron chi connectivity index (χ3n) is 8.77. The summed E-state index contributed by atoms with van der Waals surface area (Å²) in [5.41, 5.74) is 11.6. The maximum absolute atomic E-state index is 13.7. The summed E-state index contributed by atoms with van der Waals surface area (Å²) < 4.78 is 5.35. The lowest BCUT2D eigenvalue weighted by atomic mass is 9.83. The van der Waals surface area contributed by atoms with Gasteiger partial charge in [0.15, 0.2) is 5.75 Å². The molecule has 0 fully saturated rings. The van der Waals surface area contributed by atoms with Gasteiger partial charge in [-0.15, -0.1) is 5.11 Å². The molecule has 6 rings (SSSR count). The van der Waals surface area contributed by atoms with Crippen molar-refractivity contribution in [2.45, 2.75) is 52.0 Å². The van der Waals surface area contributed by atoms with Crippen molar-refractivity contribution in [1.29, 1.82) is 0 Å². The Labute approximate surface area is 268 Å². The number of rotatable bonds is 10. The molecule has 0 radical (unpaired) electrons. The number of fused-ring (bicyclic) bond motifs is 5. The minimum atomic E-state index is -0.473. The quantitative estimate of drug-likeness (QED) is 0.115. The van der Waals surface area contributed by atoms with Crippen molar-refractivity contribution in [2.24, 2.45) is 16.0 Å². The van der Waals surface area contributed by atoms with Gasteiger partial charge in [0.05, 0.1) is 23.9 Å². The summed E-state index contributed by atoms with van der Waals surface area (Å²) in [5.74, 6) is -0.120. The number of nitrogens with zero attached hydrogens (tertiary/aromatic N) is 2. The van der Waals surface area contributed by atoms with E-state index in [0.29, 0.717) is 22.5 Å². The summed E-state index contributed by atoms with van der Waals surface area (Å²) in [6, 6.07) is 26.9. The van der Waals surface area contributed by atoms with Crippen molar-refractivity contribution in [1.82, 2.24) is 4.98 Å². The molecule has 0 atom stereocenters. The van der Waals surface area contributed by atoms with E-state index in [1.807, 2.05) is 73.7 Å². The Hall–Kier alpha value is -5.21. The molecule has 1 heterocycles. The number of benzene rings is 5. The van der Waals surface area contributed by atoms with E-state index in [1.54, 1.807) is 19.2 Å². The van der Waals surface area contributed by atoms with Crippen molar-refractivity contribution < 1.29 is 14.6 Å². The summed E-state index contributed by atoms with van der Waals surface area (Å²) in [7, 11) is 1.57. The molecular weight excluding hydrogens is 574 g/mol. The number of para-hydroxylation sites is 1. The summed E-state index contributed by atoms with van der Waals surface area (Å²) in [6.07, 6.45) is 3.78. The van der Waals surface area contributed by atoms with Crippen LogP contribution in [0.4, 0.5) is 17.1 Å². The van der Waals surface area contributed by atoms with Gasteiger partial charge in [-0.2, -0.15) is 5.11 Å². The van der Waals surface area contributed by atoms with Gasteiger partial charge in [-0.05, 0) is 66.6 Å². The van der Waals surface area contributed by atoms with E-state index in [9.17, 15) is 9.90 Å². The standard InChI is InChI=1S/C38H39N5O3/c1-5-19-38(39,20-6-2)25-13-15-26(16-14-25)42-43-35-33-24(12-18-29-28-9-7-8-10-31(28)40-34(29)33)21-30(36(35)44)37(45)41-32-22-27(46-4)17-11-23(32)3/h7-18,21-22,40,44H,5-6,19-20,39H2,1-4H3,(H,41,45). The maximum atomic E-state index is 13.7. The Morgan fingerprint density at radius 3 is 2.39 bits per heavy atom. The molecule has 8 nitrogen and oxygen atoms in total. The third-order valence-corrected chi connectivity index (χ3v) is 8.77. The minimum Gasteiger partial charge on any atom is -0.505 e. The molecular formula is C38H39N5O3. The first-order valence-electron chi connectivity index (χ1n) is 15.7. The smallest absolute Gasteiger partial charge is 0.259 e. The number of anilines is 1. The molecule has 1 aromatic heterocycles. The number of hydrogen-bond donors (Lipinski definition) is 4. The van der Waals surface area contributed by atoms with Crippen LogP contribution < -0.4 is 15.8 Å². The average Bonchev–Trinajstić information content (AvgIpc) is 3.44. The fourth-order valence-electron chi connectivity index (χ4n) is 6.38. The van der Waals surface area contributed by atoms with E-state index in [2.05, 4.69) is 40.4 Å². The number of H-pyrrole nitrogens is 1. The first-order valence-corrected chi connectivity index (χ1v) is 15.7. The van der Waals surface area contributed by atoms with E-state index >= 15 is 0 Å². The van der Waals surface area contributed by atoms with Crippen LogP contribution in [0.2, 0.25) is 0 Å². The highest BCUT2D eigenvalue weighted by molar-refractivity contribution is 6.22. The minimum absolute atomic E-state index is 0.0847. The molecule has 0 saturated carbocycles. The number of aryl methyl sites for hydroxylation is 1. The summed E-state index contributed by atoms with van der Waals surface area (Å²) in [6.45, 7) is 6.19. The number of methoxy groups -OCH3 is 1. The van der Waals surface area contributed by atoms with Gasteiger partial charge in [0.25, 0.3) is 5.91 Å². The summed E-state index contributed by atoms with van der Waals surface area (Å²) >= 11 is 0. The number of aromatic amines is 1. The molecule has 0 aliphatic carbocycles. The molecule has 0 unspecified atom stereocenters. The third kappa shape index (κ3) is 5.68. The number of azo groups is 1. The van der Waals surface area contributed by atoms with Crippen LogP contribution in [-0.2, 0) is 5.54 Å². The van der Waals surface area contributed by atoms with E-state index in [-0.39, 0.29) is 17.0 Å². The fraction of sp³-hybridized carbons (Fsp3) is 0.237. The first kappa shape index (κ1) is 30.8. The van der Waals surface area contributed by atoms with E-state index in [4.69, 9.17) is 10.5 Å². The molecule has 46 heavy (non-hydrogen) atoms. The second-order valence-corrected chi connectivity index (χ2v) is 11.9. The summed E-state index contributed by atoms with van der Waals surface area (Å²) in [5, 5.41) is 27.3. The van der Waals surface area contributed by atoms with Gasteiger partial charge < -0.3 is 25.9 Å². The SMILES string of the molecule is CCCC(N)(CCC)c1ccc(N=Nc2c(O)c(C(=O)Nc3cc(OC)ccc3C)cc3ccc4c5ccccc5[nH]c4c23)cc1. The zero-order chi connectivity index (χ0) is 32.4. The largest absolute Gasteiger partial charge is 0.505 e. The normalized spacial score (nSPS) is 12.0. The molecule has 0 saturated heterocycles. The lowest BCUT2D eigenvalue weighted by molar-refractivity contribution is 0.102. The molecule has 5 aromatic carbocycles. The van der Waals surface area contributed by atoms with Crippen molar-refractivity contribution in [3.63, 3.8) is 0 Å². The zero-order valence-corrected chi connectivity index (χ0v) is 26.6. The highest BCUT2D eigenvalue weighted by Crippen LogP contribution is 2.44. The number of hydrogen-bond acceptors (Lipinski definition) is 6. The number of carbonyl (C=O) groups is 1. The number of ether oxygens (including phenoxy) is 1. The number of nitrogens with one attached hydrogen (secondary N) is 2. The molecule has 6 aromatic rings. The monoisotopic (exact) mass is 613 g/mol. The van der Waals surface area contributed by atoms with Crippen LogP contribution in [0, 0.1) is 6.92 Å². The lowest BCUT2D eigenvalue weighted by Gasteiger charge is -2.29. The van der Waals surface area contributed by atoms with Crippen molar-refractivity contribution in [3.05, 3.63) is 102 Å². The van der Waals surface area contributed by atoms with Gasteiger partial charge in [0.1, 0.15) is 11.4 Å². The molecule has 8 heteroatoms. The Bertz CT molecular complexity index is 2090. The Morgan fingerprint density at radius 2 is 1.67 bits per heavy atom. The Kier molecular flexibility index (Phi) is 8.47. The fourth-order valence-corrected chi connectivity index (χ4v) is 6.38. The Balaban J connectivity index is 1.48. The number of amides is 1. The number of phenols is 1. The number of phenolic OH excluding ortho intramolecular Hbond substituents is 1.